The van der Waals surface area contributed by atoms with Gasteiger partial charge in [-0.2, -0.15) is 0 Å². The van der Waals surface area contributed by atoms with Crippen molar-refractivity contribution in [3.63, 3.8) is 0 Å². The summed E-state index contributed by atoms with van der Waals surface area (Å²) in [6, 6.07) is 3.86. The molecule has 0 amide bonds. The van der Waals surface area contributed by atoms with Crippen LogP contribution in [0.15, 0.2) is 29.1 Å². The van der Waals surface area contributed by atoms with Gasteiger partial charge in [0, 0.05) is 12.6 Å². The topological polar surface area (TPSA) is 97.3 Å². The van der Waals surface area contributed by atoms with Gasteiger partial charge in [-0.3, -0.25) is 10.1 Å². The van der Waals surface area contributed by atoms with E-state index in [1.807, 2.05) is 6.07 Å². The Morgan fingerprint density at radius 3 is 2.89 bits per heavy atom. The Morgan fingerprint density at radius 2 is 2.19 bits per heavy atom. The summed E-state index contributed by atoms with van der Waals surface area (Å²) in [5.74, 6) is 1.34. The smallest absolute Gasteiger partial charge is 0.353 e. The van der Waals surface area contributed by atoms with Crippen LogP contribution in [0.2, 0.25) is 0 Å². The highest BCUT2D eigenvalue weighted by atomic mass is 16.6. The molecule has 3 heterocycles. The van der Waals surface area contributed by atoms with Crippen molar-refractivity contribution in [2.45, 2.75) is 52.6 Å². The number of hydrogen-bond donors (Lipinski definition) is 1. The van der Waals surface area contributed by atoms with Crippen LogP contribution in [0.4, 0.5) is 17.3 Å². The first kappa shape index (κ1) is 17.8. The summed E-state index contributed by atoms with van der Waals surface area (Å²) < 4.78 is 5.29. The molecule has 0 spiro atoms. The van der Waals surface area contributed by atoms with Crippen molar-refractivity contribution >= 4 is 17.3 Å². The van der Waals surface area contributed by atoms with Crippen LogP contribution in [-0.4, -0.2) is 27.5 Å². The minimum Gasteiger partial charge on any atom is -0.467 e. The lowest BCUT2D eigenvalue weighted by Gasteiger charge is -2.39. The molecule has 8 nitrogen and oxygen atoms in total. The highest BCUT2D eigenvalue weighted by Gasteiger charge is 2.51. The van der Waals surface area contributed by atoms with Gasteiger partial charge < -0.3 is 14.6 Å². The van der Waals surface area contributed by atoms with Crippen LogP contribution < -0.4 is 10.2 Å². The molecule has 27 heavy (non-hydrogen) atoms. The van der Waals surface area contributed by atoms with E-state index in [2.05, 4.69) is 41.0 Å². The van der Waals surface area contributed by atoms with E-state index >= 15 is 0 Å². The quantitative estimate of drug-likeness (QED) is 0.627. The summed E-state index contributed by atoms with van der Waals surface area (Å²) >= 11 is 0. The van der Waals surface area contributed by atoms with E-state index in [9.17, 15) is 10.1 Å². The molecule has 2 unspecified atom stereocenters. The van der Waals surface area contributed by atoms with Crippen molar-refractivity contribution in [2.75, 3.05) is 16.8 Å². The molecule has 8 heteroatoms. The Hall–Kier alpha value is -2.64. The molecule has 1 aliphatic carbocycles. The third-order valence-corrected chi connectivity index (χ3v) is 5.68. The van der Waals surface area contributed by atoms with Crippen LogP contribution in [0.3, 0.4) is 0 Å². The SMILES string of the molecule is CC1(C)CC2CC(C)(CN2c2ncnc(NCc3ccco3)c2[N+](=O)[O-])C1. The van der Waals surface area contributed by atoms with Crippen molar-refractivity contribution in [2.24, 2.45) is 10.8 Å². The number of hydrogen-bond acceptors (Lipinski definition) is 7. The van der Waals surface area contributed by atoms with Crippen LogP contribution in [0.5, 0.6) is 0 Å². The van der Waals surface area contributed by atoms with Gasteiger partial charge in [-0.25, -0.2) is 9.97 Å². The Morgan fingerprint density at radius 1 is 1.37 bits per heavy atom. The van der Waals surface area contributed by atoms with Gasteiger partial charge >= 0.3 is 5.69 Å². The van der Waals surface area contributed by atoms with E-state index in [0.717, 1.165) is 25.8 Å². The van der Waals surface area contributed by atoms with Crippen molar-refractivity contribution in [1.29, 1.82) is 0 Å². The maximum atomic E-state index is 11.9. The third kappa shape index (κ3) is 3.36. The lowest BCUT2D eigenvalue weighted by Crippen LogP contribution is -2.35. The summed E-state index contributed by atoms with van der Waals surface area (Å²) in [4.78, 5) is 22.1. The van der Waals surface area contributed by atoms with Gasteiger partial charge in [0.2, 0.25) is 11.6 Å². The molecule has 4 rings (SSSR count). The molecule has 1 aliphatic heterocycles. The van der Waals surface area contributed by atoms with Gasteiger partial charge in [0.15, 0.2) is 0 Å². The molecule has 1 N–H and O–H groups in total. The fourth-order valence-electron chi connectivity index (χ4n) is 5.17. The third-order valence-electron chi connectivity index (χ3n) is 5.68. The molecular weight excluding hydrogens is 346 g/mol. The number of aromatic nitrogens is 2. The second kappa shape index (κ2) is 6.21. The lowest BCUT2D eigenvalue weighted by atomic mass is 9.65. The van der Waals surface area contributed by atoms with E-state index in [-0.39, 0.29) is 33.3 Å². The van der Waals surface area contributed by atoms with Crippen LogP contribution in [0.1, 0.15) is 45.8 Å². The van der Waals surface area contributed by atoms with Gasteiger partial charge in [-0.15, -0.1) is 0 Å². The zero-order chi connectivity index (χ0) is 19.2. The summed E-state index contributed by atoms with van der Waals surface area (Å²) in [5, 5.41) is 14.9. The second-order valence-electron chi connectivity index (χ2n) is 8.93. The standard InChI is InChI=1S/C19H25N5O3/c1-18(2)7-13-8-19(3,10-18)11-23(13)17-15(24(25)26)16(21-12-22-17)20-9-14-5-4-6-27-14/h4-6,12-13H,7-11H2,1-3H3,(H,20,21,22). The number of furan rings is 1. The first-order valence-corrected chi connectivity index (χ1v) is 9.29. The van der Waals surface area contributed by atoms with Crippen LogP contribution in [0, 0.1) is 20.9 Å². The van der Waals surface area contributed by atoms with E-state index in [0.29, 0.717) is 18.1 Å². The average molecular weight is 371 g/mol. The fraction of sp³-hybridized carbons (Fsp3) is 0.579. The first-order chi connectivity index (χ1) is 12.8. The van der Waals surface area contributed by atoms with E-state index in [1.54, 1.807) is 12.3 Å². The van der Waals surface area contributed by atoms with Crippen molar-refractivity contribution in [3.05, 3.63) is 40.6 Å². The Balaban J connectivity index is 1.67. The molecule has 2 fully saturated rings. The molecule has 2 atom stereocenters. The summed E-state index contributed by atoms with van der Waals surface area (Å²) in [6.45, 7) is 7.97. The van der Waals surface area contributed by atoms with Gasteiger partial charge in [0.1, 0.15) is 12.1 Å². The summed E-state index contributed by atoms with van der Waals surface area (Å²) in [7, 11) is 0. The first-order valence-electron chi connectivity index (χ1n) is 9.29. The molecule has 2 bridgehead atoms. The minimum absolute atomic E-state index is 0.0574. The lowest BCUT2D eigenvalue weighted by molar-refractivity contribution is -0.383. The molecule has 144 valence electrons. The second-order valence-corrected chi connectivity index (χ2v) is 8.93. The van der Waals surface area contributed by atoms with Crippen LogP contribution in [-0.2, 0) is 6.54 Å². The summed E-state index contributed by atoms with van der Waals surface area (Å²) in [5.41, 5.74) is 0.333. The Bertz CT molecular complexity index is 851. The highest BCUT2D eigenvalue weighted by molar-refractivity contribution is 5.71. The Labute approximate surface area is 158 Å². The molecule has 1 saturated heterocycles. The van der Waals surface area contributed by atoms with Crippen LogP contribution in [0.25, 0.3) is 0 Å². The van der Waals surface area contributed by atoms with Crippen molar-refractivity contribution in [1.82, 2.24) is 9.97 Å². The molecule has 1 saturated carbocycles. The van der Waals surface area contributed by atoms with Gasteiger partial charge in [-0.05, 0) is 42.2 Å². The molecule has 2 aliphatic rings. The number of nitrogens with zero attached hydrogens (tertiary/aromatic N) is 4. The Kier molecular flexibility index (Phi) is 4.09. The number of anilines is 2. The predicted octanol–water partition coefficient (Wildman–Crippen LogP) is 3.99. The molecule has 2 aromatic heterocycles. The fourth-order valence-corrected chi connectivity index (χ4v) is 5.17. The number of nitrogens with one attached hydrogen (secondary N) is 1. The largest absolute Gasteiger partial charge is 0.467 e. The molecule has 2 aromatic rings. The zero-order valence-electron chi connectivity index (χ0n) is 15.9. The van der Waals surface area contributed by atoms with Gasteiger partial charge in [-0.1, -0.05) is 20.8 Å². The summed E-state index contributed by atoms with van der Waals surface area (Å²) in [6.07, 6.45) is 6.16. The average Bonchev–Trinajstić information content (AvgIpc) is 3.17. The van der Waals surface area contributed by atoms with E-state index in [1.165, 1.54) is 6.33 Å². The number of nitro groups is 1. The van der Waals surface area contributed by atoms with Crippen molar-refractivity contribution < 1.29 is 9.34 Å². The molecule has 0 aromatic carbocycles. The highest BCUT2D eigenvalue weighted by Crippen LogP contribution is 2.54. The maximum Gasteiger partial charge on any atom is 0.353 e. The predicted molar refractivity (Wildman–Crippen MR) is 102 cm³/mol. The maximum absolute atomic E-state index is 11.9. The normalized spacial score (nSPS) is 26.2. The molecular formula is C19H25N5O3. The van der Waals surface area contributed by atoms with Crippen LogP contribution >= 0.6 is 0 Å². The van der Waals surface area contributed by atoms with Crippen molar-refractivity contribution in [3.8, 4) is 0 Å². The van der Waals surface area contributed by atoms with E-state index < -0.39 is 0 Å². The number of rotatable bonds is 5. The zero-order valence-corrected chi connectivity index (χ0v) is 15.9. The minimum atomic E-state index is -0.379. The monoisotopic (exact) mass is 371 g/mol. The number of fused-ring (bicyclic) bond motifs is 2. The molecule has 0 radical (unpaired) electrons. The van der Waals surface area contributed by atoms with Gasteiger partial charge in [0.05, 0.1) is 17.7 Å². The van der Waals surface area contributed by atoms with Gasteiger partial charge in [0.25, 0.3) is 0 Å². The van der Waals surface area contributed by atoms with E-state index in [4.69, 9.17) is 4.42 Å².